The summed E-state index contributed by atoms with van der Waals surface area (Å²) < 4.78 is 4.98. The molecule has 1 rings (SSSR count). The van der Waals surface area contributed by atoms with Crippen LogP contribution in [0.5, 0.6) is 5.75 Å². The molecule has 0 fully saturated rings. The molecule has 1 heterocycles. The van der Waals surface area contributed by atoms with E-state index in [-0.39, 0.29) is 18.6 Å². The summed E-state index contributed by atoms with van der Waals surface area (Å²) in [5.74, 6) is 0.520. The molecule has 1 aromatic rings. The molecule has 1 aromatic heterocycles. The first-order valence-corrected chi connectivity index (χ1v) is 5.63. The van der Waals surface area contributed by atoms with Crippen LogP contribution in [0.3, 0.4) is 0 Å². The topological polar surface area (TPSA) is 58.6 Å². The monoisotopic (exact) mass is 229 g/mol. The van der Waals surface area contributed by atoms with Crippen LogP contribution in [0.1, 0.15) is 23.0 Å². The van der Waals surface area contributed by atoms with Gasteiger partial charge in [0.15, 0.2) is 0 Å². The molecule has 0 aliphatic carbocycles. The summed E-state index contributed by atoms with van der Waals surface area (Å²) in [5, 5.41) is 13.4. The third-order valence-electron chi connectivity index (χ3n) is 2.08. The minimum absolute atomic E-state index is 0.0370. The predicted octanol–water partition coefficient (Wildman–Crippen LogP) is 1.26. The largest absolute Gasteiger partial charge is 0.496 e. The van der Waals surface area contributed by atoms with E-state index in [1.807, 2.05) is 6.92 Å². The van der Waals surface area contributed by atoms with E-state index >= 15 is 0 Å². The summed E-state index contributed by atoms with van der Waals surface area (Å²) >= 11 is 1.33. The SMILES string of the molecule is CC[C@@H](CO)NC(=O)c1cc(OC)cs1. The number of rotatable bonds is 5. The van der Waals surface area contributed by atoms with Gasteiger partial charge in [-0.05, 0) is 6.42 Å². The number of aliphatic hydroxyl groups is 1. The molecule has 5 heteroatoms. The number of carbonyl (C=O) groups is 1. The van der Waals surface area contributed by atoms with Gasteiger partial charge < -0.3 is 15.2 Å². The number of thiophene rings is 1. The normalized spacial score (nSPS) is 12.2. The highest BCUT2D eigenvalue weighted by molar-refractivity contribution is 7.12. The molecular formula is C10H15NO3S. The first-order valence-electron chi connectivity index (χ1n) is 4.75. The number of ether oxygens (including phenoxy) is 1. The molecule has 0 saturated carbocycles. The highest BCUT2D eigenvalue weighted by Gasteiger charge is 2.13. The van der Waals surface area contributed by atoms with Crippen molar-refractivity contribution >= 4 is 17.2 Å². The third-order valence-corrected chi connectivity index (χ3v) is 2.99. The predicted molar refractivity (Wildman–Crippen MR) is 59.5 cm³/mol. The maximum absolute atomic E-state index is 11.6. The van der Waals surface area contributed by atoms with E-state index in [4.69, 9.17) is 9.84 Å². The van der Waals surface area contributed by atoms with Crippen LogP contribution in [0.25, 0.3) is 0 Å². The van der Waals surface area contributed by atoms with Crippen LogP contribution in [0.2, 0.25) is 0 Å². The van der Waals surface area contributed by atoms with Crippen LogP contribution in [0, 0.1) is 0 Å². The summed E-state index contributed by atoms with van der Waals surface area (Å²) in [6.45, 7) is 1.88. The molecular weight excluding hydrogens is 214 g/mol. The summed E-state index contributed by atoms with van der Waals surface area (Å²) in [4.78, 5) is 12.2. The molecule has 0 radical (unpaired) electrons. The van der Waals surface area contributed by atoms with Gasteiger partial charge in [-0.2, -0.15) is 0 Å². The van der Waals surface area contributed by atoms with Gasteiger partial charge in [0.25, 0.3) is 5.91 Å². The lowest BCUT2D eigenvalue weighted by Gasteiger charge is -2.12. The molecule has 15 heavy (non-hydrogen) atoms. The van der Waals surface area contributed by atoms with E-state index in [1.165, 1.54) is 11.3 Å². The first kappa shape index (κ1) is 12.0. The second kappa shape index (κ2) is 5.72. The van der Waals surface area contributed by atoms with E-state index in [1.54, 1.807) is 18.6 Å². The van der Waals surface area contributed by atoms with Crippen LogP contribution in [0.15, 0.2) is 11.4 Å². The van der Waals surface area contributed by atoms with Gasteiger partial charge in [0.2, 0.25) is 0 Å². The Hall–Kier alpha value is -1.07. The van der Waals surface area contributed by atoms with Crippen molar-refractivity contribution in [1.82, 2.24) is 5.32 Å². The molecule has 0 unspecified atom stereocenters. The number of amides is 1. The molecule has 1 amide bonds. The van der Waals surface area contributed by atoms with Gasteiger partial charge in [0.1, 0.15) is 5.75 Å². The van der Waals surface area contributed by atoms with Crippen molar-refractivity contribution < 1.29 is 14.6 Å². The van der Waals surface area contributed by atoms with Crippen LogP contribution >= 0.6 is 11.3 Å². The van der Waals surface area contributed by atoms with Crippen molar-refractivity contribution in [2.45, 2.75) is 19.4 Å². The van der Waals surface area contributed by atoms with Crippen molar-refractivity contribution in [3.05, 3.63) is 16.3 Å². The fourth-order valence-corrected chi connectivity index (χ4v) is 1.84. The Balaban J connectivity index is 2.60. The zero-order valence-corrected chi connectivity index (χ0v) is 9.63. The Labute approximate surface area is 92.9 Å². The van der Waals surface area contributed by atoms with Gasteiger partial charge in [-0.15, -0.1) is 11.3 Å². The molecule has 4 nitrogen and oxygen atoms in total. The van der Waals surface area contributed by atoms with Crippen molar-refractivity contribution in [3.63, 3.8) is 0 Å². The lowest BCUT2D eigenvalue weighted by atomic mass is 10.2. The molecule has 1 atom stereocenters. The Bertz CT molecular complexity index is 320. The van der Waals surface area contributed by atoms with Crippen LogP contribution in [0.4, 0.5) is 0 Å². The molecule has 2 N–H and O–H groups in total. The Morgan fingerprint density at radius 1 is 1.73 bits per heavy atom. The highest BCUT2D eigenvalue weighted by Crippen LogP contribution is 2.20. The maximum atomic E-state index is 11.6. The molecule has 0 saturated heterocycles. The molecule has 0 aliphatic rings. The van der Waals surface area contributed by atoms with Crippen molar-refractivity contribution in [3.8, 4) is 5.75 Å². The van der Waals surface area contributed by atoms with Gasteiger partial charge in [0, 0.05) is 11.4 Å². The standard InChI is InChI=1S/C10H15NO3S/c1-3-7(5-12)11-10(13)9-4-8(14-2)6-15-9/h4,6-7,12H,3,5H2,1-2H3,(H,11,13)/t7-/m0/s1. The third kappa shape index (κ3) is 3.21. The zero-order valence-electron chi connectivity index (χ0n) is 8.82. The van der Waals surface area contributed by atoms with E-state index in [0.717, 1.165) is 0 Å². The fourth-order valence-electron chi connectivity index (χ4n) is 1.08. The smallest absolute Gasteiger partial charge is 0.261 e. The van der Waals surface area contributed by atoms with Gasteiger partial charge in [-0.1, -0.05) is 6.92 Å². The number of hydrogen-bond donors (Lipinski definition) is 2. The molecule has 0 spiro atoms. The zero-order chi connectivity index (χ0) is 11.3. The Morgan fingerprint density at radius 3 is 2.93 bits per heavy atom. The number of carbonyl (C=O) groups excluding carboxylic acids is 1. The second-order valence-corrected chi connectivity index (χ2v) is 4.02. The lowest BCUT2D eigenvalue weighted by Crippen LogP contribution is -2.36. The minimum atomic E-state index is -0.175. The molecule has 84 valence electrons. The summed E-state index contributed by atoms with van der Waals surface area (Å²) in [5.41, 5.74) is 0. The van der Waals surface area contributed by atoms with Crippen molar-refractivity contribution in [2.75, 3.05) is 13.7 Å². The number of aliphatic hydroxyl groups excluding tert-OH is 1. The van der Waals surface area contributed by atoms with E-state index in [0.29, 0.717) is 17.0 Å². The lowest BCUT2D eigenvalue weighted by molar-refractivity contribution is 0.0919. The van der Waals surface area contributed by atoms with Crippen molar-refractivity contribution in [1.29, 1.82) is 0 Å². The molecule has 0 bridgehead atoms. The van der Waals surface area contributed by atoms with Gasteiger partial charge >= 0.3 is 0 Å². The first-order chi connectivity index (χ1) is 7.21. The van der Waals surface area contributed by atoms with E-state index in [2.05, 4.69) is 5.32 Å². The average molecular weight is 229 g/mol. The van der Waals surface area contributed by atoms with Crippen molar-refractivity contribution in [2.24, 2.45) is 0 Å². The number of methoxy groups -OCH3 is 1. The fraction of sp³-hybridized carbons (Fsp3) is 0.500. The summed E-state index contributed by atoms with van der Waals surface area (Å²) in [6.07, 6.45) is 0.713. The number of hydrogen-bond acceptors (Lipinski definition) is 4. The Kier molecular flexibility index (Phi) is 4.58. The second-order valence-electron chi connectivity index (χ2n) is 3.11. The minimum Gasteiger partial charge on any atom is -0.496 e. The van der Waals surface area contributed by atoms with Gasteiger partial charge in [-0.25, -0.2) is 0 Å². The average Bonchev–Trinajstić information content (AvgIpc) is 2.74. The Morgan fingerprint density at radius 2 is 2.47 bits per heavy atom. The van der Waals surface area contributed by atoms with Crippen LogP contribution < -0.4 is 10.1 Å². The quantitative estimate of drug-likeness (QED) is 0.799. The highest BCUT2D eigenvalue weighted by atomic mass is 32.1. The van der Waals surface area contributed by atoms with E-state index in [9.17, 15) is 4.79 Å². The number of nitrogens with one attached hydrogen (secondary N) is 1. The summed E-state index contributed by atoms with van der Waals surface area (Å²) in [7, 11) is 1.56. The van der Waals surface area contributed by atoms with Crippen LogP contribution in [-0.2, 0) is 0 Å². The molecule has 0 aromatic carbocycles. The van der Waals surface area contributed by atoms with Crippen LogP contribution in [-0.4, -0.2) is 30.8 Å². The summed E-state index contributed by atoms with van der Waals surface area (Å²) in [6, 6.07) is 1.51. The maximum Gasteiger partial charge on any atom is 0.261 e. The molecule has 0 aliphatic heterocycles. The van der Waals surface area contributed by atoms with Gasteiger partial charge in [-0.3, -0.25) is 4.79 Å². The van der Waals surface area contributed by atoms with Gasteiger partial charge in [0.05, 0.1) is 24.6 Å². The van der Waals surface area contributed by atoms with E-state index < -0.39 is 0 Å².